The maximum atomic E-state index is 11.9. The van der Waals surface area contributed by atoms with Crippen LogP contribution in [0.2, 0.25) is 0 Å². The number of rotatable bonds is 5. The van der Waals surface area contributed by atoms with Crippen molar-refractivity contribution >= 4 is 16.7 Å². The Kier molecular flexibility index (Phi) is 6.12. The summed E-state index contributed by atoms with van der Waals surface area (Å²) in [4.78, 5) is 13.6. The maximum absolute atomic E-state index is 11.9. The molecule has 0 spiro atoms. The van der Waals surface area contributed by atoms with Crippen molar-refractivity contribution in [3.05, 3.63) is 0 Å². The van der Waals surface area contributed by atoms with E-state index in [0.29, 0.717) is 6.04 Å². The Morgan fingerprint density at radius 1 is 1.35 bits per heavy atom. The van der Waals surface area contributed by atoms with E-state index < -0.39 is 10.8 Å². The van der Waals surface area contributed by atoms with Gasteiger partial charge < -0.3 is 10.0 Å². The summed E-state index contributed by atoms with van der Waals surface area (Å²) >= 11 is 0. The largest absolute Gasteiger partial charge is 0.395 e. The number of carbonyl (C=O) groups is 1. The first kappa shape index (κ1) is 14.6. The summed E-state index contributed by atoms with van der Waals surface area (Å²) in [6.07, 6.45) is 4.44. The highest BCUT2D eigenvalue weighted by Crippen LogP contribution is 2.26. The van der Waals surface area contributed by atoms with Crippen molar-refractivity contribution in [2.45, 2.75) is 38.6 Å². The predicted molar refractivity (Wildman–Crippen MR) is 69.2 cm³/mol. The van der Waals surface area contributed by atoms with Crippen LogP contribution >= 0.6 is 0 Å². The average Bonchev–Trinajstić information content (AvgIpc) is 2.29. The van der Waals surface area contributed by atoms with Gasteiger partial charge in [-0.05, 0) is 31.6 Å². The first-order valence-corrected chi connectivity index (χ1v) is 7.75. The molecule has 0 radical (unpaired) electrons. The molecule has 0 saturated heterocycles. The lowest BCUT2D eigenvalue weighted by Gasteiger charge is -2.33. The molecule has 1 unspecified atom stereocenters. The molecule has 0 heterocycles. The Labute approximate surface area is 106 Å². The fourth-order valence-corrected chi connectivity index (χ4v) is 3.07. The lowest BCUT2D eigenvalue weighted by Crippen LogP contribution is -2.41. The molecular weight excluding hydrogens is 238 g/mol. The van der Waals surface area contributed by atoms with Gasteiger partial charge in [-0.3, -0.25) is 9.00 Å². The molecule has 1 saturated carbocycles. The SMILES string of the molecule is CC1CCC(N(C)C(=O)CS(=O)CCO)CC1. The van der Waals surface area contributed by atoms with Crippen molar-refractivity contribution in [1.82, 2.24) is 4.90 Å². The van der Waals surface area contributed by atoms with Gasteiger partial charge >= 0.3 is 0 Å². The van der Waals surface area contributed by atoms with E-state index in [9.17, 15) is 9.00 Å². The molecule has 100 valence electrons. The summed E-state index contributed by atoms with van der Waals surface area (Å²) in [5, 5.41) is 8.65. The molecule has 4 nitrogen and oxygen atoms in total. The molecule has 1 rings (SSSR count). The minimum Gasteiger partial charge on any atom is -0.395 e. The third kappa shape index (κ3) is 4.76. The molecule has 1 aliphatic carbocycles. The summed E-state index contributed by atoms with van der Waals surface area (Å²) in [5.74, 6) is 0.944. The first-order chi connectivity index (χ1) is 8.04. The van der Waals surface area contributed by atoms with Crippen LogP contribution in [0.3, 0.4) is 0 Å². The van der Waals surface area contributed by atoms with Gasteiger partial charge in [0, 0.05) is 29.6 Å². The zero-order valence-corrected chi connectivity index (χ0v) is 11.5. The number of aliphatic hydroxyl groups excluding tert-OH is 1. The van der Waals surface area contributed by atoms with Crippen LogP contribution in [0, 0.1) is 5.92 Å². The number of carbonyl (C=O) groups excluding carboxylic acids is 1. The van der Waals surface area contributed by atoms with Gasteiger partial charge in [0.1, 0.15) is 5.75 Å². The van der Waals surface area contributed by atoms with Crippen LogP contribution < -0.4 is 0 Å². The first-order valence-electron chi connectivity index (χ1n) is 6.26. The molecule has 0 bridgehead atoms. The molecule has 1 atom stereocenters. The number of nitrogens with zero attached hydrogens (tertiary/aromatic N) is 1. The van der Waals surface area contributed by atoms with Crippen LogP contribution in [0.5, 0.6) is 0 Å². The zero-order chi connectivity index (χ0) is 12.8. The Hall–Kier alpha value is -0.420. The van der Waals surface area contributed by atoms with E-state index in [1.165, 1.54) is 12.8 Å². The fraction of sp³-hybridized carbons (Fsp3) is 0.917. The van der Waals surface area contributed by atoms with Gasteiger partial charge in [0.25, 0.3) is 0 Å². The second-order valence-corrected chi connectivity index (χ2v) is 6.51. The third-order valence-corrected chi connectivity index (χ3v) is 4.74. The Balaban J connectivity index is 2.38. The van der Waals surface area contributed by atoms with E-state index in [4.69, 9.17) is 5.11 Å². The summed E-state index contributed by atoms with van der Waals surface area (Å²) in [7, 11) is 0.581. The van der Waals surface area contributed by atoms with Gasteiger partial charge in [0.05, 0.1) is 6.61 Å². The molecule has 1 N–H and O–H groups in total. The van der Waals surface area contributed by atoms with Crippen molar-refractivity contribution in [2.24, 2.45) is 5.92 Å². The fourth-order valence-electron chi connectivity index (χ4n) is 2.25. The summed E-state index contributed by atoms with van der Waals surface area (Å²) in [6, 6.07) is 0.310. The van der Waals surface area contributed by atoms with Crippen molar-refractivity contribution in [1.29, 1.82) is 0 Å². The average molecular weight is 261 g/mol. The van der Waals surface area contributed by atoms with E-state index in [2.05, 4.69) is 6.92 Å². The van der Waals surface area contributed by atoms with Crippen molar-refractivity contribution < 1.29 is 14.1 Å². The van der Waals surface area contributed by atoms with Crippen LogP contribution in [-0.2, 0) is 15.6 Å². The number of amides is 1. The second-order valence-electron chi connectivity index (χ2n) is 4.93. The smallest absolute Gasteiger partial charge is 0.235 e. The topological polar surface area (TPSA) is 57.6 Å². The molecule has 1 amide bonds. The highest BCUT2D eigenvalue weighted by Gasteiger charge is 2.25. The Morgan fingerprint density at radius 3 is 2.47 bits per heavy atom. The van der Waals surface area contributed by atoms with Crippen LogP contribution in [0.1, 0.15) is 32.6 Å². The molecule has 5 heteroatoms. The van der Waals surface area contributed by atoms with Crippen molar-refractivity contribution in [2.75, 3.05) is 25.2 Å². The van der Waals surface area contributed by atoms with E-state index in [0.717, 1.165) is 18.8 Å². The van der Waals surface area contributed by atoms with Gasteiger partial charge in [-0.25, -0.2) is 0 Å². The molecular formula is C12H23NO3S. The third-order valence-electron chi connectivity index (χ3n) is 3.53. The number of hydrogen-bond acceptors (Lipinski definition) is 3. The molecule has 0 aliphatic heterocycles. The van der Waals surface area contributed by atoms with Crippen LogP contribution in [0.4, 0.5) is 0 Å². The van der Waals surface area contributed by atoms with Gasteiger partial charge in [0.2, 0.25) is 5.91 Å². The standard InChI is InChI=1S/C12H23NO3S/c1-10-3-5-11(6-4-10)13(2)12(15)9-17(16)8-7-14/h10-11,14H,3-9H2,1-2H3. The minimum atomic E-state index is -1.22. The number of aliphatic hydroxyl groups is 1. The van der Waals surface area contributed by atoms with Crippen LogP contribution in [0.15, 0.2) is 0 Å². The summed E-state index contributed by atoms with van der Waals surface area (Å²) in [5.41, 5.74) is 0. The lowest BCUT2D eigenvalue weighted by molar-refractivity contribution is -0.129. The second kappa shape index (κ2) is 7.11. The van der Waals surface area contributed by atoms with E-state index in [1.807, 2.05) is 0 Å². The van der Waals surface area contributed by atoms with Crippen LogP contribution in [0.25, 0.3) is 0 Å². The quantitative estimate of drug-likeness (QED) is 0.795. The van der Waals surface area contributed by atoms with E-state index >= 15 is 0 Å². The van der Waals surface area contributed by atoms with E-state index in [-0.39, 0.29) is 24.0 Å². The van der Waals surface area contributed by atoms with Gasteiger partial charge in [0.15, 0.2) is 0 Å². The molecule has 17 heavy (non-hydrogen) atoms. The minimum absolute atomic E-state index is 0.0448. The maximum Gasteiger partial charge on any atom is 0.235 e. The summed E-state index contributed by atoms with van der Waals surface area (Å²) < 4.78 is 11.4. The highest BCUT2D eigenvalue weighted by atomic mass is 32.2. The highest BCUT2D eigenvalue weighted by molar-refractivity contribution is 7.85. The van der Waals surface area contributed by atoms with E-state index in [1.54, 1.807) is 11.9 Å². The zero-order valence-electron chi connectivity index (χ0n) is 10.7. The van der Waals surface area contributed by atoms with Gasteiger partial charge in [-0.2, -0.15) is 0 Å². The molecule has 0 aromatic carbocycles. The van der Waals surface area contributed by atoms with Gasteiger partial charge in [-0.1, -0.05) is 6.92 Å². The molecule has 1 aliphatic rings. The number of hydrogen-bond donors (Lipinski definition) is 1. The molecule has 0 aromatic heterocycles. The van der Waals surface area contributed by atoms with Crippen molar-refractivity contribution in [3.8, 4) is 0 Å². The Morgan fingerprint density at radius 2 is 1.94 bits per heavy atom. The molecule has 0 aromatic rings. The normalized spacial score (nSPS) is 26.5. The molecule has 1 fully saturated rings. The summed E-state index contributed by atoms with van der Waals surface area (Å²) in [6.45, 7) is 2.12. The lowest BCUT2D eigenvalue weighted by atomic mass is 9.87. The monoisotopic (exact) mass is 261 g/mol. The Bertz CT molecular complexity index is 275. The van der Waals surface area contributed by atoms with Gasteiger partial charge in [-0.15, -0.1) is 0 Å². The van der Waals surface area contributed by atoms with Crippen molar-refractivity contribution in [3.63, 3.8) is 0 Å². The van der Waals surface area contributed by atoms with Crippen LogP contribution in [-0.4, -0.2) is 51.3 Å². The predicted octanol–water partition coefficient (Wildman–Crippen LogP) is 0.764.